The van der Waals surface area contributed by atoms with E-state index in [0.717, 1.165) is 44.4 Å². The summed E-state index contributed by atoms with van der Waals surface area (Å²) in [5.74, 6) is 2.31. The zero-order valence-corrected chi connectivity index (χ0v) is 15.8. The van der Waals surface area contributed by atoms with Crippen LogP contribution in [0.15, 0.2) is 24.3 Å². The molecule has 0 spiro atoms. The zero-order valence-electron chi connectivity index (χ0n) is 15.0. The molecular formula is C19H29N3O2S. The van der Waals surface area contributed by atoms with Crippen molar-refractivity contribution >= 4 is 17.7 Å². The van der Waals surface area contributed by atoms with Gasteiger partial charge in [-0.3, -0.25) is 9.69 Å². The lowest BCUT2D eigenvalue weighted by Gasteiger charge is -2.35. The number of nitrogens with zero attached hydrogens (tertiary/aromatic N) is 1. The maximum Gasteiger partial charge on any atom is 0.221 e. The van der Waals surface area contributed by atoms with E-state index in [1.54, 1.807) is 0 Å². The summed E-state index contributed by atoms with van der Waals surface area (Å²) in [5, 5.41) is 6.60. The summed E-state index contributed by atoms with van der Waals surface area (Å²) in [6.07, 6.45) is 0.566. The molecule has 0 saturated carbocycles. The van der Waals surface area contributed by atoms with Crippen LogP contribution in [0.25, 0.3) is 0 Å². The minimum atomic E-state index is 0.144. The molecule has 2 aliphatic heterocycles. The van der Waals surface area contributed by atoms with Crippen LogP contribution in [0.5, 0.6) is 0 Å². The molecule has 2 heterocycles. The summed E-state index contributed by atoms with van der Waals surface area (Å²) in [5.41, 5.74) is 2.52. The van der Waals surface area contributed by atoms with E-state index in [1.807, 2.05) is 11.8 Å². The van der Waals surface area contributed by atoms with Crippen LogP contribution in [0.4, 0.5) is 0 Å². The minimum Gasteiger partial charge on any atom is -0.379 e. The molecule has 0 aliphatic carbocycles. The van der Waals surface area contributed by atoms with E-state index in [4.69, 9.17) is 4.74 Å². The van der Waals surface area contributed by atoms with Gasteiger partial charge in [0.1, 0.15) is 0 Å². The van der Waals surface area contributed by atoms with Crippen molar-refractivity contribution in [2.75, 3.05) is 50.9 Å². The predicted molar refractivity (Wildman–Crippen MR) is 103 cm³/mol. The molecule has 1 aromatic carbocycles. The van der Waals surface area contributed by atoms with Crippen molar-refractivity contribution in [1.82, 2.24) is 15.5 Å². The first-order valence-electron chi connectivity index (χ1n) is 9.18. The van der Waals surface area contributed by atoms with Crippen molar-refractivity contribution in [2.45, 2.75) is 25.4 Å². The number of ether oxygens (including phenoxy) is 1. The third kappa shape index (κ3) is 5.71. The number of amides is 1. The first-order chi connectivity index (χ1) is 12.2. The quantitative estimate of drug-likeness (QED) is 0.804. The molecule has 5 nitrogen and oxygen atoms in total. The van der Waals surface area contributed by atoms with E-state index in [1.165, 1.54) is 11.1 Å². The second-order valence-corrected chi connectivity index (χ2v) is 7.96. The van der Waals surface area contributed by atoms with Crippen LogP contribution in [-0.2, 0) is 9.53 Å². The molecule has 2 unspecified atom stereocenters. The molecule has 2 fully saturated rings. The Morgan fingerprint density at radius 3 is 2.80 bits per heavy atom. The van der Waals surface area contributed by atoms with Gasteiger partial charge in [0.15, 0.2) is 0 Å². The van der Waals surface area contributed by atoms with Gasteiger partial charge in [-0.15, -0.1) is 0 Å². The van der Waals surface area contributed by atoms with Crippen molar-refractivity contribution in [3.63, 3.8) is 0 Å². The highest BCUT2D eigenvalue weighted by atomic mass is 32.2. The number of hydrogen-bond acceptors (Lipinski definition) is 5. The molecule has 2 saturated heterocycles. The van der Waals surface area contributed by atoms with Crippen LogP contribution in [0.3, 0.4) is 0 Å². The molecule has 3 rings (SSSR count). The monoisotopic (exact) mass is 363 g/mol. The van der Waals surface area contributed by atoms with Crippen molar-refractivity contribution < 1.29 is 9.53 Å². The fraction of sp³-hybridized carbons (Fsp3) is 0.632. The third-order valence-electron chi connectivity index (χ3n) is 4.87. The van der Waals surface area contributed by atoms with Crippen molar-refractivity contribution in [3.8, 4) is 0 Å². The summed E-state index contributed by atoms with van der Waals surface area (Å²) in [6, 6.07) is 9.17. The number of carbonyl (C=O) groups excluding carboxylic acids is 1. The highest BCUT2D eigenvalue weighted by Crippen LogP contribution is 2.22. The zero-order chi connectivity index (χ0) is 17.5. The minimum absolute atomic E-state index is 0.144. The number of aryl methyl sites for hydroxylation is 1. The van der Waals surface area contributed by atoms with Crippen LogP contribution in [0, 0.1) is 6.92 Å². The second-order valence-electron chi connectivity index (χ2n) is 6.81. The van der Waals surface area contributed by atoms with Gasteiger partial charge in [-0.1, -0.05) is 29.8 Å². The standard InChI is InChI=1S/C19H29N3O2S/c1-15-2-4-16(5-3-15)18(22-7-9-24-10-8-22)13-21-19(23)12-17-14-25-11-6-20-17/h2-5,17-18,20H,6-14H2,1H3,(H,21,23). The molecule has 0 radical (unpaired) electrons. The first-order valence-corrected chi connectivity index (χ1v) is 10.3. The van der Waals surface area contributed by atoms with Crippen molar-refractivity contribution in [1.29, 1.82) is 0 Å². The number of hydrogen-bond donors (Lipinski definition) is 2. The largest absolute Gasteiger partial charge is 0.379 e. The molecule has 25 heavy (non-hydrogen) atoms. The lowest BCUT2D eigenvalue weighted by Crippen LogP contribution is -2.45. The van der Waals surface area contributed by atoms with E-state index in [-0.39, 0.29) is 11.9 Å². The summed E-state index contributed by atoms with van der Waals surface area (Å²) in [4.78, 5) is 14.8. The van der Waals surface area contributed by atoms with Gasteiger partial charge in [0, 0.05) is 50.1 Å². The highest BCUT2D eigenvalue weighted by Gasteiger charge is 2.24. The van der Waals surface area contributed by atoms with Gasteiger partial charge in [-0.2, -0.15) is 11.8 Å². The number of thioether (sulfide) groups is 1. The number of nitrogens with one attached hydrogen (secondary N) is 2. The number of carbonyl (C=O) groups is 1. The van der Waals surface area contributed by atoms with Gasteiger partial charge in [0.2, 0.25) is 5.91 Å². The average molecular weight is 364 g/mol. The van der Waals surface area contributed by atoms with Gasteiger partial charge in [-0.25, -0.2) is 0 Å². The Bertz CT molecular complexity index is 540. The molecule has 1 amide bonds. The van der Waals surface area contributed by atoms with E-state index < -0.39 is 0 Å². The smallest absolute Gasteiger partial charge is 0.221 e. The van der Waals surface area contributed by atoms with E-state index in [9.17, 15) is 4.79 Å². The van der Waals surface area contributed by atoms with Crippen LogP contribution in [0.1, 0.15) is 23.6 Å². The molecule has 2 atom stereocenters. The van der Waals surface area contributed by atoms with Crippen LogP contribution in [0.2, 0.25) is 0 Å². The Balaban J connectivity index is 1.58. The van der Waals surface area contributed by atoms with Gasteiger partial charge < -0.3 is 15.4 Å². The molecule has 1 aromatic rings. The fourth-order valence-corrected chi connectivity index (χ4v) is 4.34. The first kappa shape index (κ1) is 18.7. The third-order valence-corrected chi connectivity index (χ3v) is 6.00. The summed E-state index contributed by atoms with van der Waals surface area (Å²) < 4.78 is 5.49. The molecular weight excluding hydrogens is 334 g/mol. The Kier molecular flexibility index (Phi) is 7.16. The van der Waals surface area contributed by atoms with E-state index in [0.29, 0.717) is 19.0 Å². The summed E-state index contributed by atoms with van der Waals surface area (Å²) >= 11 is 1.93. The lowest BCUT2D eigenvalue weighted by atomic mass is 10.0. The van der Waals surface area contributed by atoms with Crippen LogP contribution < -0.4 is 10.6 Å². The van der Waals surface area contributed by atoms with Crippen molar-refractivity contribution in [3.05, 3.63) is 35.4 Å². The summed E-state index contributed by atoms with van der Waals surface area (Å²) in [6.45, 7) is 7.11. The van der Waals surface area contributed by atoms with Crippen LogP contribution >= 0.6 is 11.8 Å². The molecule has 2 aliphatic rings. The van der Waals surface area contributed by atoms with E-state index in [2.05, 4.69) is 46.7 Å². The van der Waals surface area contributed by atoms with Crippen LogP contribution in [-0.4, -0.2) is 67.7 Å². The Labute approximate surface area is 154 Å². The van der Waals surface area contributed by atoms with Gasteiger partial charge in [-0.05, 0) is 12.5 Å². The molecule has 6 heteroatoms. The second kappa shape index (κ2) is 9.57. The maximum atomic E-state index is 12.4. The van der Waals surface area contributed by atoms with Gasteiger partial charge in [0.25, 0.3) is 0 Å². The highest BCUT2D eigenvalue weighted by molar-refractivity contribution is 7.99. The fourth-order valence-electron chi connectivity index (χ4n) is 3.39. The lowest BCUT2D eigenvalue weighted by molar-refractivity contribution is -0.121. The SMILES string of the molecule is Cc1ccc(C(CNC(=O)CC2CSCCN2)N2CCOCC2)cc1. The Hall–Kier alpha value is -1.08. The van der Waals surface area contributed by atoms with Crippen molar-refractivity contribution in [2.24, 2.45) is 0 Å². The molecule has 138 valence electrons. The average Bonchev–Trinajstić information content (AvgIpc) is 2.65. The summed E-state index contributed by atoms with van der Waals surface area (Å²) in [7, 11) is 0. The molecule has 0 aromatic heterocycles. The normalized spacial score (nSPS) is 23.2. The Morgan fingerprint density at radius 2 is 2.12 bits per heavy atom. The predicted octanol–water partition coefficient (Wildman–Crippen LogP) is 1.58. The van der Waals surface area contributed by atoms with E-state index >= 15 is 0 Å². The van der Waals surface area contributed by atoms with Gasteiger partial charge in [0.05, 0.1) is 19.3 Å². The number of morpholine rings is 1. The van der Waals surface area contributed by atoms with Gasteiger partial charge >= 0.3 is 0 Å². The topological polar surface area (TPSA) is 53.6 Å². The number of rotatable bonds is 6. The molecule has 2 N–H and O–H groups in total. The number of benzene rings is 1. The maximum absolute atomic E-state index is 12.4. The molecule has 0 bridgehead atoms. The Morgan fingerprint density at radius 1 is 1.36 bits per heavy atom.